The third-order valence-corrected chi connectivity index (χ3v) is 3.97. The van der Waals surface area contributed by atoms with Crippen LogP contribution < -0.4 is 0 Å². The Balaban J connectivity index is 1.81. The lowest BCUT2D eigenvalue weighted by atomic mass is 10.1. The van der Waals surface area contributed by atoms with E-state index < -0.39 is 6.10 Å². The van der Waals surface area contributed by atoms with Crippen molar-refractivity contribution in [3.63, 3.8) is 0 Å². The summed E-state index contributed by atoms with van der Waals surface area (Å²) in [5.41, 5.74) is 1.84. The van der Waals surface area contributed by atoms with Crippen LogP contribution in [-0.4, -0.2) is 43.0 Å². The summed E-state index contributed by atoms with van der Waals surface area (Å²) in [5.74, 6) is 0.356. The molecule has 112 valence electrons. The lowest BCUT2D eigenvalue weighted by Gasteiger charge is -2.31. The Hall–Kier alpha value is -1.65. The lowest BCUT2D eigenvalue weighted by Crippen LogP contribution is -2.46. The first-order valence-electron chi connectivity index (χ1n) is 7.56. The summed E-state index contributed by atoms with van der Waals surface area (Å²) in [5, 5.41) is 0.972. The van der Waals surface area contributed by atoms with E-state index in [0.29, 0.717) is 18.9 Å². The van der Waals surface area contributed by atoms with Crippen LogP contribution in [0, 0.1) is 6.92 Å². The molecule has 1 aromatic carbocycles. The summed E-state index contributed by atoms with van der Waals surface area (Å²) in [6, 6.07) is 7.75. The Bertz CT molecular complexity index is 645. The van der Waals surface area contributed by atoms with Crippen molar-refractivity contribution in [2.75, 3.05) is 26.2 Å². The number of ketones is 1. The second kappa shape index (κ2) is 6.00. The van der Waals surface area contributed by atoms with Gasteiger partial charge in [-0.05, 0) is 31.5 Å². The summed E-state index contributed by atoms with van der Waals surface area (Å²) in [6.45, 7) is 7.30. The first kappa shape index (κ1) is 14.3. The fraction of sp³-hybridized carbons (Fsp3) is 0.471. The van der Waals surface area contributed by atoms with Gasteiger partial charge in [-0.1, -0.05) is 25.1 Å². The minimum atomic E-state index is -0.411. The molecule has 21 heavy (non-hydrogen) atoms. The number of hydrogen-bond donors (Lipinski definition) is 0. The number of rotatable bonds is 4. The van der Waals surface area contributed by atoms with Gasteiger partial charge in [-0.2, -0.15) is 0 Å². The SMILES string of the molecule is CCCN1CCOC(C(=O)c2cc3cccc(C)c3o2)C1. The Morgan fingerprint density at radius 2 is 2.29 bits per heavy atom. The van der Waals surface area contributed by atoms with Crippen LogP contribution in [0.1, 0.15) is 29.5 Å². The predicted molar refractivity (Wildman–Crippen MR) is 81.8 cm³/mol. The molecule has 3 rings (SSSR count). The van der Waals surface area contributed by atoms with Gasteiger partial charge in [0.05, 0.1) is 6.61 Å². The molecule has 0 aliphatic carbocycles. The van der Waals surface area contributed by atoms with E-state index in [2.05, 4.69) is 11.8 Å². The zero-order valence-electron chi connectivity index (χ0n) is 12.6. The number of carbonyl (C=O) groups excluding carboxylic acids is 1. The average molecular weight is 287 g/mol. The smallest absolute Gasteiger partial charge is 0.227 e. The molecule has 1 aliphatic rings. The third kappa shape index (κ3) is 2.87. The van der Waals surface area contributed by atoms with Gasteiger partial charge in [-0.3, -0.25) is 9.69 Å². The van der Waals surface area contributed by atoms with Crippen LogP contribution in [0.2, 0.25) is 0 Å². The van der Waals surface area contributed by atoms with Gasteiger partial charge in [-0.15, -0.1) is 0 Å². The number of Topliss-reactive ketones (excluding diaryl/α,β-unsaturated/α-hetero) is 1. The summed E-state index contributed by atoms with van der Waals surface area (Å²) in [4.78, 5) is 14.9. The summed E-state index contributed by atoms with van der Waals surface area (Å²) < 4.78 is 11.4. The van der Waals surface area contributed by atoms with E-state index >= 15 is 0 Å². The van der Waals surface area contributed by atoms with Gasteiger partial charge in [-0.25, -0.2) is 0 Å². The van der Waals surface area contributed by atoms with Crippen LogP contribution in [0.25, 0.3) is 11.0 Å². The minimum Gasteiger partial charge on any atom is -0.453 e. The highest BCUT2D eigenvalue weighted by Gasteiger charge is 2.29. The third-order valence-electron chi connectivity index (χ3n) is 3.97. The number of hydrogen-bond acceptors (Lipinski definition) is 4. The zero-order valence-corrected chi connectivity index (χ0v) is 12.6. The Morgan fingerprint density at radius 3 is 3.05 bits per heavy atom. The maximum absolute atomic E-state index is 12.6. The second-order valence-corrected chi connectivity index (χ2v) is 5.63. The number of aryl methyl sites for hydroxylation is 1. The van der Waals surface area contributed by atoms with E-state index in [1.807, 2.05) is 31.2 Å². The monoisotopic (exact) mass is 287 g/mol. The van der Waals surface area contributed by atoms with Crippen molar-refractivity contribution in [2.45, 2.75) is 26.4 Å². The van der Waals surface area contributed by atoms with Gasteiger partial charge < -0.3 is 9.15 Å². The van der Waals surface area contributed by atoms with Gasteiger partial charge in [0, 0.05) is 18.5 Å². The number of benzene rings is 1. The molecule has 1 atom stereocenters. The molecule has 0 N–H and O–H groups in total. The molecule has 1 fully saturated rings. The maximum Gasteiger partial charge on any atom is 0.227 e. The molecule has 4 heteroatoms. The lowest BCUT2D eigenvalue weighted by molar-refractivity contribution is -0.0175. The minimum absolute atomic E-state index is 0.0496. The summed E-state index contributed by atoms with van der Waals surface area (Å²) >= 11 is 0. The molecule has 1 aromatic heterocycles. The van der Waals surface area contributed by atoms with Crippen molar-refractivity contribution >= 4 is 16.8 Å². The molecule has 0 saturated carbocycles. The Morgan fingerprint density at radius 1 is 1.43 bits per heavy atom. The van der Waals surface area contributed by atoms with Crippen molar-refractivity contribution in [2.24, 2.45) is 0 Å². The molecule has 1 saturated heterocycles. The Labute approximate surface area is 124 Å². The molecule has 0 radical (unpaired) electrons. The second-order valence-electron chi connectivity index (χ2n) is 5.63. The van der Waals surface area contributed by atoms with Crippen molar-refractivity contribution in [1.29, 1.82) is 0 Å². The van der Waals surface area contributed by atoms with Crippen LogP contribution in [0.4, 0.5) is 0 Å². The van der Waals surface area contributed by atoms with Crippen molar-refractivity contribution < 1.29 is 13.9 Å². The largest absolute Gasteiger partial charge is 0.453 e. The molecule has 0 amide bonds. The quantitative estimate of drug-likeness (QED) is 0.811. The number of fused-ring (bicyclic) bond motifs is 1. The first-order valence-corrected chi connectivity index (χ1v) is 7.56. The van der Waals surface area contributed by atoms with Gasteiger partial charge in [0.25, 0.3) is 0 Å². The van der Waals surface area contributed by atoms with Crippen LogP contribution >= 0.6 is 0 Å². The fourth-order valence-corrected chi connectivity index (χ4v) is 2.87. The number of morpholine rings is 1. The zero-order chi connectivity index (χ0) is 14.8. The van der Waals surface area contributed by atoms with Crippen molar-refractivity contribution in [3.8, 4) is 0 Å². The highest BCUT2D eigenvalue weighted by atomic mass is 16.5. The number of ether oxygens (including phenoxy) is 1. The molecule has 1 aliphatic heterocycles. The van der Waals surface area contributed by atoms with Crippen molar-refractivity contribution in [3.05, 3.63) is 35.6 Å². The topological polar surface area (TPSA) is 42.7 Å². The van der Waals surface area contributed by atoms with E-state index in [9.17, 15) is 4.79 Å². The van der Waals surface area contributed by atoms with E-state index in [0.717, 1.165) is 36.0 Å². The van der Waals surface area contributed by atoms with Crippen LogP contribution in [0.15, 0.2) is 28.7 Å². The van der Waals surface area contributed by atoms with E-state index in [1.54, 1.807) is 0 Å². The maximum atomic E-state index is 12.6. The molecular weight excluding hydrogens is 266 g/mol. The highest BCUT2D eigenvalue weighted by molar-refractivity contribution is 6.01. The Kier molecular flexibility index (Phi) is 4.08. The molecule has 4 nitrogen and oxygen atoms in total. The molecule has 0 spiro atoms. The average Bonchev–Trinajstić information content (AvgIpc) is 2.93. The molecular formula is C17H21NO3. The number of para-hydroxylation sites is 1. The van der Waals surface area contributed by atoms with Gasteiger partial charge >= 0.3 is 0 Å². The van der Waals surface area contributed by atoms with Crippen LogP contribution in [0.3, 0.4) is 0 Å². The van der Waals surface area contributed by atoms with Gasteiger partial charge in [0.2, 0.25) is 5.78 Å². The number of carbonyl (C=O) groups is 1. The fourth-order valence-electron chi connectivity index (χ4n) is 2.87. The van der Waals surface area contributed by atoms with Gasteiger partial charge in [0.1, 0.15) is 11.7 Å². The normalized spacial score (nSPS) is 20.0. The molecule has 2 heterocycles. The molecule has 1 unspecified atom stereocenters. The standard InChI is InChI=1S/C17H21NO3/c1-3-7-18-8-9-20-15(11-18)16(19)14-10-13-6-4-5-12(2)17(13)21-14/h4-6,10,15H,3,7-9,11H2,1-2H3. The first-order chi connectivity index (χ1) is 10.2. The number of furan rings is 1. The van der Waals surface area contributed by atoms with E-state index in [4.69, 9.17) is 9.15 Å². The van der Waals surface area contributed by atoms with E-state index in [1.165, 1.54) is 0 Å². The molecule has 2 aromatic rings. The highest BCUT2D eigenvalue weighted by Crippen LogP contribution is 2.24. The number of nitrogens with zero attached hydrogens (tertiary/aromatic N) is 1. The van der Waals surface area contributed by atoms with Crippen LogP contribution in [-0.2, 0) is 4.74 Å². The van der Waals surface area contributed by atoms with Crippen LogP contribution in [0.5, 0.6) is 0 Å². The summed E-state index contributed by atoms with van der Waals surface area (Å²) in [7, 11) is 0. The van der Waals surface area contributed by atoms with Crippen molar-refractivity contribution in [1.82, 2.24) is 4.90 Å². The summed E-state index contributed by atoms with van der Waals surface area (Å²) in [6.07, 6.45) is 0.677. The van der Waals surface area contributed by atoms with E-state index in [-0.39, 0.29) is 5.78 Å². The van der Waals surface area contributed by atoms with Gasteiger partial charge in [0.15, 0.2) is 5.76 Å². The molecule has 0 bridgehead atoms. The predicted octanol–water partition coefficient (Wildman–Crippen LogP) is 3.03.